The molecule has 3 aromatic rings. The van der Waals surface area contributed by atoms with Crippen LogP contribution in [0.1, 0.15) is 10.4 Å². The first kappa shape index (κ1) is 22.0. The molecular formula is C17H11Cl2N5O4S2. The SMILES string of the molecule is O=C(CSc1nnc(NC(=O)c2ccccc2[N+](=O)[O-])s1)Nc1ccc(Cl)c(Cl)c1. The molecule has 0 aliphatic heterocycles. The average molecular weight is 484 g/mol. The van der Waals surface area contributed by atoms with Gasteiger partial charge in [0.1, 0.15) is 5.56 Å². The van der Waals surface area contributed by atoms with E-state index in [9.17, 15) is 19.7 Å². The molecule has 0 saturated heterocycles. The van der Waals surface area contributed by atoms with Gasteiger partial charge in [0, 0.05) is 11.8 Å². The Morgan fingerprint density at radius 1 is 1.10 bits per heavy atom. The zero-order valence-corrected chi connectivity index (χ0v) is 17.9. The lowest BCUT2D eigenvalue weighted by molar-refractivity contribution is -0.385. The summed E-state index contributed by atoms with van der Waals surface area (Å²) in [5.74, 6) is -0.918. The van der Waals surface area contributed by atoms with Gasteiger partial charge in [-0.3, -0.25) is 25.0 Å². The fraction of sp³-hybridized carbons (Fsp3) is 0.0588. The number of halogens is 2. The van der Waals surface area contributed by atoms with Gasteiger partial charge in [0.2, 0.25) is 11.0 Å². The molecule has 1 heterocycles. The Kier molecular flexibility index (Phi) is 7.21. The minimum atomic E-state index is -0.674. The third-order valence-corrected chi connectivity index (χ3v) is 6.21. The van der Waals surface area contributed by atoms with Crippen molar-refractivity contribution in [2.45, 2.75) is 4.34 Å². The highest BCUT2D eigenvalue weighted by atomic mass is 35.5. The molecule has 1 aromatic heterocycles. The van der Waals surface area contributed by atoms with E-state index < -0.39 is 10.8 Å². The molecule has 9 nitrogen and oxygen atoms in total. The molecule has 0 aliphatic carbocycles. The molecule has 0 spiro atoms. The average Bonchev–Trinajstić information content (AvgIpc) is 3.16. The van der Waals surface area contributed by atoms with Gasteiger partial charge in [0.05, 0.1) is 20.7 Å². The van der Waals surface area contributed by atoms with Crippen molar-refractivity contribution >= 4 is 74.6 Å². The van der Waals surface area contributed by atoms with E-state index in [1.54, 1.807) is 12.1 Å². The quantitative estimate of drug-likeness (QED) is 0.215. The topological polar surface area (TPSA) is 127 Å². The maximum atomic E-state index is 12.3. The second-order valence-corrected chi connectivity index (χ2v) is 8.58. The van der Waals surface area contributed by atoms with Crippen LogP contribution >= 0.6 is 46.3 Å². The predicted octanol–water partition coefficient (Wildman–Crippen LogP) is 4.74. The predicted molar refractivity (Wildman–Crippen MR) is 117 cm³/mol. The number of amides is 2. The molecule has 2 amide bonds. The number of para-hydroxylation sites is 1. The Morgan fingerprint density at radius 2 is 1.87 bits per heavy atom. The molecule has 0 fully saturated rings. The first-order valence-electron chi connectivity index (χ1n) is 8.09. The van der Waals surface area contributed by atoms with Crippen molar-refractivity contribution in [3.8, 4) is 0 Å². The summed E-state index contributed by atoms with van der Waals surface area (Å²) in [4.78, 5) is 34.8. The monoisotopic (exact) mass is 483 g/mol. The molecule has 2 N–H and O–H groups in total. The van der Waals surface area contributed by atoms with Crippen molar-refractivity contribution in [3.63, 3.8) is 0 Å². The van der Waals surface area contributed by atoms with Crippen LogP contribution in [0.25, 0.3) is 0 Å². The highest BCUT2D eigenvalue weighted by Gasteiger charge is 2.20. The summed E-state index contributed by atoms with van der Waals surface area (Å²) in [5, 5.41) is 24.8. The summed E-state index contributed by atoms with van der Waals surface area (Å²) in [6.07, 6.45) is 0. The first-order chi connectivity index (χ1) is 14.3. The normalized spacial score (nSPS) is 10.5. The number of nitro groups is 1. The summed E-state index contributed by atoms with van der Waals surface area (Å²) < 4.78 is 0.442. The minimum absolute atomic E-state index is 0.0486. The van der Waals surface area contributed by atoms with Crippen molar-refractivity contribution < 1.29 is 14.5 Å². The van der Waals surface area contributed by atoms with Crippen molar-refractivity contribution in [1.29, 1.82) is 0 Å². The number of anilines is 2. The third kappa shape index (κ3) is 5.66. The third-order valence-electron chi connectivity index (χ3n) is 3.50. The molecule has 30 heavy (non-hydrogen) atoms. The molecule has 3 rings (SSSR count). The van der Waals surface area contributed by atoms with Gasteiger partial charge in [-0.2, -0.15) is 0 Å². The van der Waals surface area contributed by atoms with Crippen molar-refractivity contribution in [3.05, 3.63) is 68.2 Å². The van der Waals surface area contributed by atoms with E-state index in [1.807, 2.05) is 0 Å². The van der Waals surface area contributed by atoms with Gasteiger partial charge in [0.15, 0.2) is 4.34 Å². The van der Waals surface area contributed by atoms with Crippen LogP contribution in [0.4, 0.5) is 16.5 Å². The molecular weight excluding hydrogens is 473 g/mol. The maximum absolute atomic E-state index is 12.3. The second-order valence-electron chi connectivity index (χ2n) is 5.57. The van der Waals surface area contributed by atoms with Crippen LogP contribution < -0.4 is 10.6 Å². The lowest BCUT2D eigenvalue weighted by atomic mass is 10.1. The number of rotatable bonds is 7. The van der Waals surface area contributed by atoms with Gasteiger partial charge in [0.25, 0.3) is 11.6 Å². The number of thioether (sulfide) groups is 1. The van der Waals surface area contributed by atoms with Crippen LogP contribution in [-0.2, 0) is 4.79 Å². The number of nitrogens with one attached hydrogen (secondary N) is 2. The van der Waals surface area contributed by atoms with Gasteiger partial charge >= 0.3 is 0 Å². The highest BCUT2D eigenvalue weighted by molar-refractivity contribution is 8.01. The van der Waals surface area contributed by atoms with Gasteiger partial charge in [-0.25, -0.2) is 0 Å². The van der Waals surface area contributed by atoms with Gasteiger partial charge in [-0.05, 0) is 24.3 Å². The largest absolute Gasteiger partial charge is 0.325 e. The zero-order valence-electron chi connectivity index (χ0n) is 14.8. The smallest absolute Gasteiger partial charge is 0.282 e. The summed E-state index contributed by atoms with van der Waals surface area (Å²) in [7, 11) is 0. The molecule has 0 radical (unpaired) electrons. The molecule has 0 bridgehead atoms. The molecule has 0 unspecified atom stereocenters. The van der Waals surface area contributed by atoms with Gasteiger partial charge in [-0.15, -0.1) is 10.2 Å². The van der Waals surface area contributed by atoms with E-state index in [-0.39, 0.29) is 28.0 Å². The van der Waals surface area contributed by atoms with E-state index >= 15 is 0 Å². The summed E-state index contributed by atoms with van der Waals surface area (Å²) >= 11 is 13.9. The van der Waals surface area contributed by atoms with Gasteiger partial charge in [-0.1, -0.05) is 58.4 Å². The Labute approximate surface area is 187 Å². The first-order valence-corrected chi connectivity index (χ1v) is 10.7. The van der Waals surface area contributed by atoms with Crippen molar-refractivity contribution in [2.24, 2.45) is 0 Å². The van der Waals surface area contributed by atoms with Crippen LogP contribution in [0.3, 0.4) is 0 Å². The van der Waals surface area contributed by atoms with Crippen molar-refractivity contribution in [2.75, 3.05) is 16.4 Å². The molecule has 2 aromatic carbocycles. The number of hydrogen-bond acceptors (Lipinski definition) is 8. The van der Waals surface area contributed by atoms with E-state index in [2.05, 4.69) is 20.8 Å². The minimum Gasteiger partial charge on any atom is -0.325 e. The highest BCUT2D eigenvalue weighted by Crippen LogP contribution is 2.28. The van der Waals surface area contributed by atoms with Crippen LogP contribution in [0.5, 0.6) is 0 Å². The summed E-state index contributed by atoms with van der Waals surface area (Å²) in [6.45, 7) is 0. The Balaban J connectivity index is 1.56. The van der Waals surface area contributed by atoms with Gasteiger partial charge < -0.3 is 5.32 Å². The van der Waals surface area contributed by atoms with Crippen LogP contribution in [0, 0.1) is 10.1 Å². The number of carbonyl (C=O) groups is 2. The number of benzene rings is 2. The maximum Gasteiger partial charge on any atom is 0.282 e. The lowest BCUT2D eigenvalue weighted by Crippen LogP contribution is -2.13. The van der Waals surface area contributed by atoms with Crippen molar-refractivity contribution in [1.82, 2.24) is 10.2 Å². The number of hydrogen-bond donors (Lipinski definition) is 2. The molecule has 0 aliphatic rings. The second kappa shape index (κ2) is 9.85. The van der Waals surface area contributed by atoms with Crippen LogP contribution in [0.2, 0.25) is 10.0 Å². The van der Waals surface area contributed by atoms with Crippen LogP contribution in [0.15, 0.2) is 46.8 Å². The molecule has 154 valence electrons. The molecule has 13 heteroatoms. The van der Waals surface area contributed by atoms with Crippen LogP contribution in [-0.4, -0.2) is 32.7 Å². The zero-order chi connectivity index (χ0) is 21.7. The fourth-order valence-electron chi connectivity index (χ4n) is 2.21. The lowest BCUT2D eigenvalue weighted by Gasteiger charge is -2.05. The summed E-state index contributed by atoms with van der Waals surface area (Å²) in [5.41, 5.74) is 0.102. The Hall–Kier alpha value is -2.73. The number of carbonyl (C=O) groups excluding carboxylic acids is 2. The van der Waals surface area contributed by atoms with E-state index in [4.69, 9.17) is 23.2 Å². The number of nitrogens with zero attached hydrogens (tertiary/aromatic N) is 3. The number of nitro benzene ring substituents is 1. The van der Waals surface area contributed by atoms with E-state index in [0.29, 0.717) is 20.1 Å². The number of aromatic nitrogens is 2. The van der Waals surface area contributed by atoms with E-state index in [0.717, 1.165) is 23.1 Å². The summed E-state index contributed by atoms with van der Waals surface area (Å²) in [6, 6.07) is 10.3. The molecule has 0 atom stereocenters. The van der Waals surface area contributed by atoms with E-state index in [1.165, 1.54) is 30.3 Å². The Bertz CT molecular complexity index is 1130. The standard InChI is InChI=1S/C17H11Cl2N5O4S2/c18-11-6-5-9(7-12(11)19)20-14(25)8-29-17-23-22-16(30-17)21-15(26)10-3-1-2-4-13(10)24(27)28/h1-7H,8H2,(H,20,25)(H,21,22,26). The Morgan fingerprint density at radius 3 is 2.60 bits per heavy atom. The fourth-order valence-corrected chi connectivity index (χ4v) is 4.05. The molecule has 0 saturated carbocycles.